The molecule has 4 heteroatoms. The molecule has 0 aliphatic heterocycles. The van der Waals surface area contributed by atoms with E-state index in [9.17, 15) is 4.79 Å². The minimum absolute atomic E-state index is 0.0955. The van der Waals surface area contributed by atoms with E-state index in [2.05, 4.69) is 5.32 Å². The van der Waals surface area contributed by atoms with Crippen LogP contribution >= 0.6 is 11.8 Å². The van der Waals surface area contributed by atoms with Crippen LogP contribution in [0.2, 0.25) is 0 Å². The Hall–Kier alpha value is -0.220. The van der Waals surface area contributed by atoms with Gasteiger partial charge in [-0.2, -0.15) is 11.8 Å². The molecule has 0 aromatic rings. The first kappa shape index (κ1) is 10.8. The highest BCUT2D eigenvalue weighted by molar-refractivity contribution is 7.99. The highest BCUT2D eigenvalue weighted by atomic mass is 32.2. The van der Waals surface area contributed by atoms with E-state index in [4.69, 9.17) is 5.73 Å². The SMILES string of the molecule is CSCC(=O)NCCC(C)N. The summed E-state index contributed by atoms with van der Waals surface area (Å²) in [6.07, 6.45) is 2.76. The molecule has 0 aromatic heterocycles. The van der Waals surface area contributed by atoms with Crippen LogP contribution in [0.3, 0.4) is 0 Å². The van der Waals surface area contributed by atoms with Gasteiger partial charge in [0.2, 0.25) is 5.91 Å². The van der Waals surface area contributed by atoms with Crippen LogP contribution in [-0.2, 0) is 4.79 Å². The molecule has 0 bridgehead atoms. The van der Waals surface area contributed by atoms with Gasteiger partial charge in [0.05, 0.1) is 5.75 Å². The Kier molecular flexibility index (Phi) is 6.36. The Morgan fingerprint density at radius 3 is 2.82 bits per heavy atom. The van der Waals surface area contributed by atoms with E-state index in [1.165, 1.54) is 11.8 Å². The van der Waals surface area contributed by atoms with Crippen LogP contribution in [0.25, 0.3) is 0 Å². The normalized spacial score (nSPS) is 12.6. The smallest absolute Gasteiger partial charge is 0.229 e. The van der Waals surface area contributed by atoms with Crippen molar-refractivity contribution in [2.75, 3.05) is 18.6 Å². The van der Waals surface area contributed by atoms with Crippen molar-refractivity contribution in [3.05, 3.63) is 0 Å². The van der Waals surface area contributed by atoms with E-state index < -0.39 is 0 Å². The maximum atomic E-state index is 10.9. The minimum atomic E-state index is 0.0955. The standard InChI is InChI=1S/C7H16N2OS/c1-6(8)3-4-9-7(10)5-11-2/h6H,3-5,8H2,1-2H3,(H,9,10). The first-order valence-electron chi connectivity index (χ1n) is 3.68. The molecule has 0 spiro atoms. The van der Waals surface area contributed by atoms with Crippen molar-refractivity contribution in [1.29, 1.82) is 0 Å². The fourth-order valence-electron chi connectivity index (χ4n) is 0.621. The van der Waals surface area contributed by atoms with Crippen LogP contribution in [0.4, 0.5) is 0 Å². The van der Waals surface area contributed by atoms with Gasteiger partial charge in [-0.05, 0) is 19.6 Å². The van der Waals surface area contributed by atoms with Gasteiger partial charge in [0.1, 0.15) is 0 Å². The summed E-state index contributed by atoms with van der Waals surface area (Å²) in [6, 6.07) is 0.171. The van der Waals surface area contributed by atoms with Gasteiger partial charge in [0, 0.05) is 12.6 Å². The lowest BCUT2D eigenvalue weighted by molar-refractivity contribution is -0.118. The molecule has 0 saturated heterocycles. The zero-order valence-corrected chi connectivity index (χ0v) is 7.91. The van der Waals surface area contributed by atoms with Gasteiger partial charge in [-0.15, -0.1) is 0 Å². The van der Waals surface area contributed by atoms with Crippen molar-refractivity contribution in [3.63, 3.8) is 0 Å². The summed E-state index contributed by atoms with van der Waals surface area (Å²) < 4.78 is 0. The highest BCUT2D eigenvalue weighted by Gasteiger charge is 1.98. The number of nitrogens with two attached hydrogens (primary N) is 1. The quantitative estimate of drug-likeness (QED) is 0.629. The average Bonchev–Trinajstić information content (AvgIpc) is 1.87. The van der Waals surface area contributed by atoms with Crippen LogP contribution in [0.5, 0.6) is 0 Å². The van der Waals surface area contributed by atoms with Gasteiger partial charge in [-0.3, -0.25) is 4.79 Å². The molecule has 1 unspecified atom stereocenters. The van der Waals surface area contributed by atoms with Crippen LogP contribution in [0.15, 0.2) is 0 Å². The van der Waals surface area contributed by atoms with Crippen LogP contribution in [0.1, 0.15) is 13.3 Å². The van der Waals surface area contributed by atoms with E-state index in [-0.39, 0.29) is 11.9 Å². The van der Waals surface area contributed by atoms with Crippen LogP contribution < -0.4 is 11.1 Å². The van der Waals surface area contributed by atoms with E-state index in [0.29, 0.717) is 12.3 Å². The molecule has 11 heavy (non-hydrogen) atoms. The Morgan fingerprint density at radius 2 is 2.36 bits per heavy atom. The van der Waals surface area contributed by atoms with Gasteiger partial charge in [0.25, 0.3) is 0 Å². The molecule has 0 aliphatic rings. The summed E-state index contributed by atoms with van der Waals surface area (Å²) >= 11 is 1.53. The predicted octanol–water partition coefficient (Wildman–Crippen LogP) is 0.203. The van der Waals surface area contributed by atoms with Crippen molar-refractivity contribution in [2.45, 2.75) is 19.4 Å². The lowest BCUT2D eigenvalue weighted by Gasteiger charge is -2.05. The minimum Gasteiger partial charge on any atom is -0.355 e. The number of nitrogens with one attached hydrogen (secondary N) is 1. The molecule has 1 atom stereocenters. The lowest BCUT2D eigenvalue weighted by Crippen LogP contribution is -2.29. The summed E-state index contributed by atoms with van der Waals surface area (Å²) in [5.41, 5.74) is 5.50. The van der Waals surface area contributed by atoms with Gasteiger partial charge in [0.15, 0.2) is 0 Å². The Labute approximate surface area is 72.1 Å². The predicted molar refractivity (Wildman–Crippen MR) is 49.7 cm³/mol. The molecule has 0 heterocycles. The van der Waals surface area contributed by atoms with Crippen molar-refractivity contribution in [3.8, 4) is 0 Å². The molecule has 0 saturated carbocycles. The van der Waals surface area contributed by atoms with Gasteiger partial charge >= 0.3 is 0 Å². The molecule has 0 aliphatic carbocycles. The number of carbonyl (C=O) groups excluding carboxylic acids is 1. The highest BCUT2D eigenvalue weighted by Crippen LogP contribution is 1.89. The maximum Gasteiger partial charge on any atom is 0.229 e. The molecule has 3 nitrogen and oxygen atoms in total. The molecule has 1 amide bonds. The molecule has 0 fully saturated rings. The van der Waals surface area contributed by atoms with Crippen molar-refractivity contribution >= 4 is 17.7 Å². The largest absolute Gasteiger partial charge is 0.355 e. The second-order valence-corrected chi connectivity index (χ2v) is 3.41. The Morgan fingerprint density at radius 1 is 1.73 bits per heavy atom. The molecular weight excluding hydrogens is 160 g/mol. The summed E-state index contributed by atoms with van der Waals surface area (Å²) in [5.74, 6) is 0.636. The molecule has 0 aromatic carbocycles. The van der Waals surface area contributed by atoms with Crippen molar-refractivity contribution in [2.24, 2.45) is 5.73 Å². The van der Waals surface area contributed by atoms with E-state index >= 15 is 0 Å². The first-order valence-corrected chi connectivity index (χ1v) is 5.07. The van der Waals surface area contributed by atoms with Crippen LogP contribution in [0, 0.1) is 0 Å². The molecule has 66 valence electrons. The van der Waals surface area contributed by atoms with E-state index in [1.54, 1.807) is 0 Å². The number of hydrogen-bond donors (Lipinski definition) is 2. The first-order chi connectivity index (χ1) is 5.16. The zero-order valence-electron chi connectivity index (χ0n) is 7.09. The fraction of sp³-hybridized carbons (Fsp3) is 0.857. The Bertz CT molecular complexity index is 117. The Balaban J connectivity index is 3.17. The topological polar surface area (TPSA) is 55.1 Å². The third kappa shape index (κ3) is 7.68. The summed E-state index contributed by atoms with van der Waals surface area (Å²) in [5, 5.41) is 2.78. The fourth-order valence-corrected chi connectivity index (χ4v) is 0.986. The summed E-state index contributed by atoms with van der Waals surface area (Å²) in [7, 11) is 0. The number of thioether (sulfide) groups is 1. The summed E-state index contributed by atoms with van der Waals surface area (Å²) in [4.78, 5) is 10.9. The van der Waals surface area contributed by atoms with Gasteiger partial charge in [-0.25, -0.2) is 0 Å². The summed E-state index contributed by atoms with van der Waals surface area (Å²) in [6.45, 7) is 2.62. The number of carbonyl (C=O) groups is 1. The third-order valence-corrected chi connectivity index (χ3v) is 1.75. The second kappa shape index (κ2) is 6.49. The average molecular weight is 176 g/mol. The molecule has 3 N–H and O–H groups in total. The van der Waals surface area contributed by atoms with Crippen LogP contribution in [-0.4, -0.2) is 30.5 Å². The van der Waals surface area contributed by atoms with E-state index in [1.807, 2.05) is 13.2 Å². The zero-order chi connectivity index (χ0) is 8.69. The third-order valence-electron chi connectivity index (χ3n) is 1.20. The number of hydrogen-bond acceptors (Lipinski definition) is 3. The lowest BCUT2D eigenvalue weighted by atomic mass is 10.2. The van der Waals surface area contributed by atoms with Crippen molar-refractivity contribution < 1.29 is 4.79 Å². The number of rotatable bonds is 5. The molecule has 0 radical (unpaired) electrons. The molecule has 0 rings (SSSR count). The van der Waals surface area contributed by atoms with Crippen molar-refractivity contribution in [1.82, 2.24) is 5.32 Å². The maximum absolute atomic E-state index is 10.9. The second-order valence-electron chi connectivity index (χ2n) is 2.55. The van der Waals surface area contributed by atoms with E-state index in [0.717, 1.165) is 6.42 Å². The monoisotopic (exact) mass is 176 g/mol. The number of amides is 1. The molecular formula is C7H16N2OS. The van der Waals surface area contributed by atoms with Gasteiger partial charge < -0.3 is 11.1 Å². The van der Waals surface area contributed by atoms with Gasteiger partial charge in [-0.1, -0.05) is 0 Å².